The van der Waals surface area contributed by atoms with E-state index in [2.05, 4.69) is 83.1 Å². The standard InChI is InChI=1S/C30H38O2/c1-6-7-16-32-28(24-11-10-22-17-21(20-31)8-9-23(22)18-24)25-12-13-26-27(19-25)30(4,5)15-14-29(26,2)3/h8-13,17-19,28,31H,6-7,14-16,20H2,1-5H3. The van der Waals surface area contributed by atoms with Gasteiger partial charge in [0.05, 0.1) is 6.61 Å². The van der Waals surface area contributed by atoms with Crippen LogP contribution in [-0.4, -0.2) is 11.7 Å². The molecule has 0 radical (unpaired) electrons. The zero-order valence-corrected chi connectivity index (χ0v) is 20.4. The van der Waals surface area contributed by atoms with E-state index < -0.39 is 0 Å². The summed E-state index contributed by atoms with van der Waals surface area (Å²) < 4.78 is 6.52. The molecule has 0 saturated carbocycles. The van der Waals surface area contributed by atoms with Crippen molar-refractivity contribution in [3.8, 4) is 0 Å². The van der Waals surface area contributed by atoms with E-state index in [1.807, 2.05) is 6.07 Å². The summed E-state index contributed by atoms with van der Waals surface area (Å²) in [4.78, 5) is 0. The summed E-state index contributed by atoms with van der Waals surface area (Å²) in [7, 11) is 0. The van der Waals surface area contributed by atoms with Crippen molar-refractivity contribution >= 4 is 10.8 Å². The maximum atomic E-state index is 9.46. The number of hydrogen-bond acceptors (Lipinski definition) is 2. The first-order chi connectivity index (χ1) is 15.2. The third kappa shape index (κ3) is 4.49. The molecule has 0 fully saturated rings. The van der Waals surface area contributed by atoms with Crippen molar-refractivity contribution in [3.63, 3.8) is 0 Å². The van der Waals surface area contributed by atoms with Crippen LogP contribution < -0.4 is 0 Å². The van der Waals surface area contributed by atoms with Crippen molar-refractivity contribution in [2.75, 3.05) is 6.61 Å². The molecule has 1 N–H and O–H groups in total. The molecule has 0 amide bonds. The number of ether oxygens (including phenoxy) is 1. The molecular formula is C30H38O2. The Morgan fingerprint density at radius 2 is 1.44 bits per heavy atom. The normalized spacial score (nSPS) is 17.8. The molecule has 0 saturated heterocycles. The zero-order valence-electron chi connectivity index (χ0n) is 20.4. The van der Waals surface area contributed by atoms with Crippen LogP contribution in [0, 0.1) is 0 Å². The van der Waals surface area contributed by atoms with Crippen LogP contribution in [0.1, 0.15) is 94.2 Å². The average molecular weight is 431 g/mol. The smallest absolute Gasteiger partial charge is 0.108 e. The summed E-state index contributed by atoms with van der Waals surface area (Å²) in [5.74, 6) is 0. The molecule has 4 rings (SSSR count). The second-order valence-corrected chi connectivity index (χ2v) is 10.8. The number of aliphatic hydroxyl groups is 1. The predicted molar refractivity (Wildman–Crippen MR) is 134 cm³/mol. The molecule has 0 heterocycles. The Hall–Kier alpha value is -2.16. The van der Waals surface area contributed by atoms with Crippen molar-refractivity contribution < 1.29 is 9.84 Å². The first kappa shape index (κ1) is 23.0. The van der Waals surface area contributed by atoms with Gasteiger partial charge < -0.3 is 9.84 Å². The van der Waals surface area contributed by atoms with Crippen LogP contribution in [0.25, 0.3) is 10.8 Å². The van der Waals surface area contributed by atoms with Gasteiger partial charge in [-0.15, -0.1) is 0 Å². The highest BCUT2D eigenvalue weighted by Gasteiger charge is 2.37. The summed E-state index contributed by atoms with van der Waals surface area (Å²) >= 11 is 0. The Morgan fingerprint density at radius 3 is 2.16 bits per heavy atom. The van der Waals surface area contributed by atoms with Crippen LogP contribution in [-0.2, 0) is 22.2 Å². The van der Waals surface area contributed by atoms with Gasteiger partial charge in [0, 0.05) is 6.61 Å². The molecule has 32 heavy (non-hydrogen) atoms. The third-order valence-electron chi connectivity index (χ3n) is 7.38. The molecule has 1 atom stereocenters. The van der Waals surface area contributed by atoms with Gasteiger partial charge in [0.2, 0.25) is 0 Å². The summed E-state index contributed by atoms with van der Waals surface area (Å²) in [6.45, 7) is 12.5. The Kier molecular flexibility index (Phi) is 6.47. The van der Waals surface area contributed by atoms with E-state index >= 15 is 0 Å². The fourth-order valence-electron chi connectivity index (χ4n) is 5.07. The van der Waals surface area contributed by atoms with E-state index in [0.29, 0.717) is 0 Å². The number of hydrogen-bond donors (Lipinski definition) is 1. The van der Waals surface area contributed by atoms with Crippen molar-refractivity contribution in [1.82, 2.24) is 0 Å². The molecule has 0 bridgehead atoms. The van der Waals surface area contributed by atoms with E-state index in [0.717, 1.165) is 30.4 Å². The topological polar surface area (TPSA) is 29.5 Å². The summed E-state index contributed by atoms with van der Waals surface area (Å²) in [6.07, 6.45) is 4.55. The maximum Gasteiger partial charge on any atom is 0.108 e. The molecule has 0 aromatic heterocycles. The van der Waals surface area contributed by atoms with E-state index in [9.17, 15) is 5.11 Å². The fraction of sp³-hybridized carbons (Fsp3) is 0.467. The molecule has 1 aliphatic carbocycles. The lowest BCUT2D eigenvalue weighted by atomic mass is 9.63. The summed E-state index contributed by atoms with van der Waals surface area (Å²) in [6, 6.07) is 19.8. The Bertz CT molecular complexity index is 1090. The second kappa shape index (κ2) is 9.00. The largest absolute Gasteiger partial charge is 0.392 e. The van der Waals surface area contributed by atoms with E-state index in [1.54, 1.807) is 0 Å². The van der Waals surface area contributed by atoms with Crippen molar-refractivity contribution in [3.05, 3.63) is 82.4 Å². The second-order valence-electron chi connectivity index (χ2n) is 10.8. The van der Waals surface area contributed by atoms with E-state index in [-0.39, 0.29) is 23.5 Å². The zero-order chi connectivity index (χ0) is 22.9. The Labute approximate surface area is 193 Å². The molecule has 0 aliphatic heterocycles. The Balaban J connectivity index is 1.78. The van der Waals surface area contributed by atoms with Crippen molar-refractivity contribution in [2.24, 2.45) is 0 Å². The SMILES string of the molecule is CCCCOC(c1ccc2c(c1)C(C)(C)CCC2(C)C)c1ccc2cc(CO)ccc2c1. The molecule has 170 valence electrons. The van der Waals surface area contributed by atoms with Crippen molar-refractivity contribution in [2.45, 2.75) is 83.8 Å². The van der Waals surface area contributed by atoms with Gasteiger partial charge in [0.25, 0.3) is 0 Å². The van der Waals surface area contributed by atoms with Gasteiger partial charge in [-0.05, 0) is 80.8 Å². The lowest BCUT2D eigenvalue weighted by Gasteiger charge is -2.42. The van der Waals surface area contributed by atoms with Gasteiger partial charge in [-0.1, -0.05) is 83.5 Å². The van der Waals surface area contributed by atoms with Gasteiger partial charge in [-0.3, -0.25) is 0 Å². The predicted octanol–water partition coefficient (Wildman–Crippen LogP) is 7.59. The molecule has 3 aromatic rings. The minimum atomic E-state index is -0.0744. The molecule has 3 aromatic carbocycles. The quantitative estimate of drug-likeness (QED) is 0.391. The maximum absolute atomic E-state index is 9.46. The van der Waals surface area contributed by atoms with Crippen LogP contribution in [0.5, 0.6) is 0 Å². The number of fused-ring (bicyclic) bond motifs is 2. The highest BCUT2D eigenvalue weighted by atomic mass is 16.5. The van der Waals surface area contributed by atoms with Gasteiger partial charge in [0.15, 0.2) is 0 Å². The van der Waals surface area contributed by atoms with Crippen LogP contribution in [0.3, 0.4) is 0 Å². The molecular weight excluding hydrogens is 392 g/mol. The fourth-order valence-corrected chi connectivity index (χ4v) is 5.07. The summed E-state index contributed by atoms with van der Waals surface area (Å²) in [5.41, 5.74) is 6.74. The minimum absolute atomic E-state index is 0.0711. The monoisotopic (exact) mass is 430 g/mol. The van der Waals surface area contributed by atoms with E-state index in [4.69, 9.17) is 4.74 Å². The van der Waals surface area contributed by atoms with Gasteiger partial charge in [-0.25, -0.2) is 0 Å². The minimum Gasteiger partial charge on any atom is -0.392 e. The molecule has 2 nitrogen and oxygen atoms in total. The van der Waals surface area contributed by atoms with Crippen LogP contribution in [0.2, 0.25) is 0 Å². The lowest BCUT2D eigenvalue weighted by Crippen LogP contribution is -2.34. The van der Waals surface area contributed by atoms with Gasteiger partial charge in [-0.2, -0.15) is 0 Å². The highest BCUT2D eigenvalue weighted by Crippen LogP contribution is 2.47. The van der Waals surface area contributed by atoms with Crippen LogP contribution >= 0.6 is 0 Å². The van der Waals surface area contributed by atoms with E-state index in [1.165, 1.54) is 40.5 Å². The van der Waals surface area contributed by atoms with Crippen LogP contribution in [0.15, 0.2) is 54.6 Å². The number of aliphatic hydroxyl groups excluding tert-OH is 1. The molecule has 1 aliphatic rings. The van der Waals surface area contributed by atoms with Gasteiger partial charge >= 0.3 is 0 Å². The lowest BCUT2D eigenvalue weighted by molar-refractivity contribution is 0.0777. The van der Waals surface area contributed by atoms with Crippen LogP contribution in [0.4, 0.5) is 0 Å². The average Bonchev–Trinajstić information content (AvgIpc) is 2.79. The van der Waals surface area contributed by atoms with Crippen molar-refractivity contribution in [1.29, 1.82) is 0 Å². The molecule has 1 unspecified atom stereocenters. The number of unbranched alkanes of at least 4 members (excludes halogenated alkanes) is 1. The number of benzene rings is 3. The molecule has 2 heteroatoms. The number of rotatable bonds is 7. The third-order valence-corrected chi connectivity index (χ3v) is 7.38. The first-order valence-electron chi connectivity index (χ1n) is 12.1. The van der Waals surface area contributed by atoms with Gasteiger partial charge in [0.1, 0.15) is 6.10 Å². The summed E-state index contributed by atoms with van der Waals surface area (Å²) in [5, 5.41) is 11.8. The first-order valence-corrected chi connectivity index (χ1v) is 12.1. The Morgan fingerprint density at radius 1 is 0.812 bits per heavy atom. The molecule has 0 spiro atoms. The highest BCUT2D eigenvalue weighted by molar-refractivity contribution is 5.84.